The molecule has 0 bridgehead atoms. The predicted molar refractivity (Wildman–Crippen MR) is 116 cm³/mol. The highest BCUT2D eigenvalue weighted by molar-refractivity contribution is 7.89. The van der Waals surface area contributed by atoms with Gasteiger partial charge < -0.3 is 14.5 Å². The number of piperidine rings is 1. The predicted octanol–water partition coefficient (Wildman–Crippen LogP) is 1.84. The van der Waals surface area contributed by atoms with E-state index >= 15 is 0 Å². The first-order valence-electron chi connectivity index (χ1n) is 10.6. The number of furan rings is 1. The van der Waals surface area contributed by atoms with Gasteiger partial charge in [-0.25, -0.2) is 13.1 Å². The molecule has 0 spiro atoms. The lowest BCUT2D eigenvalue weighted by Crippen LogP contribution is -2.51. The number of aryl methyl sites for hydroxylation is 1. The lowest BCUT2D eigenvalue weighted by atomic mass is 10.0. The number of ether oxygens (including phenoxy) is 1. The number of sulfonamides is 1. The summed E-state index contributed by atoms with van der Waals surface area (Å²) in [6, 6.07) is 7.59. The molecule has 10 nitrogen and oxygen atoms in total. The molecule has 3 aromatic rings. The van der Waals surface area contributed by atoms with Crippen molar-refractivity contribution in [3.05, 3.63) is 41.9 Å². The second-order valence-corrected chi connectivity index (χ2v) is 9.70. The van der Waals surface area contributed by atoms with Gasteiger partial charge >= 0.3 is 0 Å². The Morgan fingerprint density at radius 1 is 1.28 bits per heavy atom. The second kappa shape index (κ2) is 9.39. The molecule has 32 heavy (non-hydrogen) atoms. The third kappa shape index (κ3) is 4.54. The summed E-state index contributed by atoms with van der Waals surface area (Å²) in [7, 11) is -2.29. The Morgan fingerprint density at radius 3 is 2.88 bits per heavy atom. The molecule has 1 aliphatic rings. The number of fused-ring (bicyclic) bond motifs is 1. The van der Waals surface area contributed by atoms with Crippen molar-refractivity contribution in [1.82, 2.24) is 24.6 Å². The quantitative estimate of drug-likeness (QED) is 0.543. The number of rotatable bonds is 8. The first kappa shape index (κ1) is 22.4. The highest BCUT2D eigenvalue weighted by Crippen LogP contribution is 2.27. The highest BCUT2D eigenvalue weighted by Gasteiger charge is 2.37. The van der Waals surface area contributed by atoms with E-state index in [0.29, 0.717) is 43.8 Å². The highest BCUT2D eigenvalue weighted by atomic mass is 32.2. The maximum Gasteiger partial charge on any atom is 0.243 e. The fraction of sp³-hybridized carbons (Fsp3) is 0.476. The molecule has 1 aliphatic heterocycles. The second-order valence-electron chi connectivity index (χ2n) is 7.81. The number of nitrogens with one attached hydrogen (secondary N) is 1. The van der Waals surface area contributed by atoms with Gasteiger partial charge in [-0.1, -0.05) is 11.6 Å². The standard InChI is InChI=1S/C21H27N5O5S/c1-15-6-7-16(31-15)14-22-21(27)20-5-3-4-10-26(20)32(28,29)17-8-9-19-18(13-17)23-24-25(19)11-12-30-2/h6-9,13,20H,3-5,10-12,14H2,1-2H3,(H,22,27)/t20-/m0/s1. The number of nitrogens with zero attached hydrogens (tertiary/aromatic N) is 4. The number of amides is 1. The van der Waals surface area contributed by atoms with E-state index in [9.17, 15) is 13.2 Å². The molecule has 1 saturated heterocycles. The topological polar surface area (TPSA) is 120 Å². The first-order chi connectivity index (χ1) is 15.4. The molecule has 0 radical (unpaired) electrons. The maximum atomic E-state index is 13.5. The van der Waals surface area contributed by atoms with Gasteiger partial charge in [0, 0.05) is 13.7 Å². The molecule has 0 aliphatic carbocycles. The maximum absolute atomic E-state index is 13.5. The number of benzene rings is 1. The van der Waals surface area contributed by atoms with E-state index in [4.69, 9.17) is 9.15 Å². The minimum Gasteiger partial charge on any atom is -0.465 e. The monoisotopic (exact) mass is 461 g/mol. The number of methoxy groups -OCH3 is 1. The van der Waals surface area contributed by atoms with Crippen molar-refractivity contribution in [2.24, 2.45) is 0 Å². The summed E-state index contributed by atoms with van der Waals surface area (Å²) in [5.41, 5.74) is 1.20. The zero-order chi connectivity index (χ0) is 22.7. The van der Waals surface area contributed by atoms with Crippen LogP contribution in [0.5, 0.6) is 0 Å². The van der Waals surface area contributed by atoms with Crippen molar-refractivity contribution in [2.75, 3.05) is 20.3 Å². The van der Waals surface area contributed by atoms with E-state index in [2.05, 4.69) is 15.6 Å². The number of hydrogen-bond acceptors (Lipinski definition) is 7. The number of carbonyl (C=O) groups excluding carboxylic acids is 1. The van der Waals surface area contributed by atoms with Gasteiger partial charge in [-0.15, -0.1) is 5.10 Å². The average molecular weight is 462 g/mol. The van der Waals surface area contributed by atoms with Crippen LogP contribution in [-0.2, 0) is 32.6 Å². The molecule has 1 amide bonds. The molecule has 4 rings (SSSR count). The van der Waals surface area contributed by atoms with Gasteiger partial charge in [0.15, 0.2) is 0 Å². The van der Waals surface area contributed by atoms with Gasteiger partial charge in [0.1, 0.15) is 23.1 Å². The van der Waals surface area contributed by atoms with Gasteiger partial charge in [-0.05, 0) is 50.1 Å². The van der Waals surface area contributed by atoms with Crippen LogP contribution in [0, 0.1) is 6.92 Å². The minimum absolute atomic E-state index is 0.102. The van der Waals surface area contributed by atoms with E-state index in [1.54, 1.807) is 30.0 Å². The zero-order valence-corrected chi connectivity index (χ0v) is 19.0. The largest absolute Gasteiger partial charge is 0.465 e. The minimum atomic E-state index is -3.89. The molecule has 0 unspecified atom stereocenters. The van der Waals surface area contributed by atoms with Crippen LogP contribution >= 0.6 is 0 Å². The number of carbonyl (C=O) groups is 1. The van der Waals surface area contributed by atoms with Gasteiger partial charge in [-0.3, -0.25) is 4.79 Å². The third-order valence-corrected chi connectivity index (χ3v) is 7.49. The van der Waals surface area contributed by atoms with E-state index in [1.165, 1.54) is 10.4 Å². The Bertz CT molecular complexity index is 1200. The molecule has 1 N–H and O–H groups in total. The van der Waals surface area contributed by atoms with Crippen LogP contribution in [0.4, 0.5) is 0 Å². The molecule has 1 fully saturated rings. The summed E-state index contributed by atoms with van der Waals surface area (Å²) in [5.74, 6) is 1.06. The Kier molecular flexibility index (Phi) is 6.58. The smallest absolute Gasteiger partial charge is 0.243 e. The summed E-state index contributed by atoms with van der Waals surface area (Å²) in [4.78, 5) is 13.0. The van der Waals surface area contributed by atoms with Crippen LogP contribution in [0.15, 0.2) is 39.6 Å². The summed E-state index contributed by atoms with van der Waals surface area (Å²) in [5, 5.41) is 11.0. The lowest BCUT2D eigenvalue weighted by molar-refractivity contribution is -0.125. The summed E-state index contributed by atoms with van der Waals surface area (Å²) < 4.78 is 40.4. The Hall–Kier alpha value is -2.76. The summed E-state index contributed by atoms with van der Waals surface area (Å²) in [6.45, 7) is 3.32. The van der Waals surface area contributed by atoms with E-state index in [0.717, 1.165) is 17.7 Å². The zero-order valence-electron chi connectivity index (χ0n) is 18.2. The molecule has 172 valence electrons. The molecule has 3 heterocycles. The van der Waals surface area contributed by atoms with Crippen molar-refractivity contribution in [3.63, 3.8) is 0 Å². The van der Waals surface area contributed by atoms with Crippen molar-refractivity contribution in [3.8, 4) is 0 Å². The average Bonchev–Trinajstić information content (AvgIpc) is 3.41. The van der Waals surface area contributed by atoms with Crippen LogP contribution in [0.1, 0.15) is 30.8 Å². The van der Waals surface area contributed by atoms with Gasteiger partial charge in [0.25, 0.3) is 0 Å². The molecule has 11 heteroatoms. The van der Waals surface area contributed by atoms with Crippen LogP contribution in [0.3, 0.4) is 0 Å². The third-order valence-electron chi connectivity index (χ3n) is 5.59. The molecular weight excluding hydrogens is 434 g/mol. The SMILES string of the molecule is COCCn1nnc2cc(S(=O)(=O)N3CCCC[C@H]3C(=O)NCc3ccc(C)o3)ccc21. The summed E-state index contributed by atoms with van der Waals surface area (Å²) in [6.07, 6.45) is 1.96. The summed E-state index contributed by atoms with van der Waals surface area (Å²) >= 11 is 0. The Morgan fingerprint density at radius 2 is 2.12 bits per heavy atom. The molecule has 0 saturated carbocycles. The fourth-order valence-electron chi connectivity index (χ4n) is 3.92. The molecular formula is C21H27N5O5S. The first-order valence-corrected chi connectivity index (χ1v) is 12.0. The van der Waals surface area contributed by atoms with Crippen molar-refractivity contribution >= 4 is 27.0 Å². The normalized spacial score (nSPS) is 17.6. The fourth-order valence-corrected chi connectivity index (χ4v) is 5.59. The van der Waals surface area contributed by atoms with Crippen molar-refractivity contribution < 1.29 is 22.4 Å². The van der Waals surface area contributed by atoms with Gasteiger partial charge in [-0.2, -0.15) is 4.31 Å². The van der Waals surface area contributed by atoms with E-state index in [1.807, 2.05) is 13.0 Å². The van der Waals surface area contributed by atoms with Gasteiger partial charge in [0.05, 0.1) is 30.1 Å². The van der Waals surface area contributed by atoms with E-state index in [-0.39, 0.29) is 17.3 Å². The van der Waals surface area contributed by atoms with Gasteiger partial charge in [0.2, 0.25) is 15.9 Å². The van der Waals surface area contributed by atoms with Crippen LogP contribution in [0.25, 0.3) is 11.0 Å². The van der Waals surface area contributed by atoms with Crippen LogP contribution in [-0.4, -0.2) is 59.9 Å². The van der Waals surface area contributed by atoms with Crippen molar-refractivity contribution in [2.45, 2.75) is 50.2 Å². The molecule has 1 aromatic carbocycles. The number of aromatic nitrogens is 3. The van der Waals surface area contributed by atoms with Crippen LogP contribution < -0.4 is 5.32 Å². The van der Waals surface area contributed by atoms with E-state index < -0.39 is 16.1 Å². The Labute approximate surface area is 186 Å². The molecule has 2 aromatic heterocycles. The Balaban J connectivity index is 1.54. The number of hydrogen-bond donors (Lipinski definition) is 1. The molecule has 1 atom stereocenters. The van der Waals surface area contributed by atoms with Crippen molar-refractivity contribution in [1.29, 1.82) is 0 Å². The van der Waals surface area contributed by atoms with Crippen LogP contribution in [0.2, 0.25) is 0 Å². The lowest BCUT2D eigenvalue weighted by Gasteiger charge is -2.33.